The highest BCUT2D eigenvalue weighted by Crippen LogP contribution is 2.17. The molecule has 1 N–H and O–H groups in total. The molecule has 0 spiro atoms. The highest BCUT2D eigenvalue weighted by molar-refractivity contribution is 9.10. The van der Waals surface area contributed by atoms with Gasteiger partial charge in [0.1, 0.15) is 12.4 Å². The predicted octanol–water partition coefficient (Wildman–Crippen LogP) is 2.60. The molecule has 1 aromatic rings. The van der Waals surface area contributed by atoms with Gasteiger partial charge in [0.05, 0.1) is 6.10 Å². The van der Waals surface area contributed by atoms with E-state index in [-0.39, 0.29) is 0 Å². The maximum Gasteiger partial charge on any atom is 0.120 e. The minimum atomic E-state index is 0.404. The Morgan fingerprint density at radius 1 is 1.47 bits per heavy atom. The summed E-state index contributed by atoms with van der Waals surface area (Å²) >= 11 is 3.42. The Hall–Kier alpha value is -0.580. The van der Waals surface area contributed by atoms with Gasteiger partial charge < -0.3 is 14.8 Å². The van der Waals surface area contributed by atoms with Crippen LogP contribution in [0.2, 0.25) is 0 Å². The summed E-state index contributed by atoms with van der Waals surface area (Å²) in [5.41, 5.74) is 0. The molecule has 1 aliphatic rings. The third-order valence-corrected chi connectivity index (χ3v) is 3.23. The van der Waals surface area contributed by atoms with Gasteiger partial charge in [0, 0.05) is 24.2 Å². The summed E-state index contributed by atoms with van der Waals surface area (Å²) in [5.74, 6) is 0.901. The number of hydrogen-bond donors (Lipinski definition) is 1. The molecule has 0 bridgehead atoms. The van der Waals surface area contributed by atoms with Gasteiger partial charge in [-0.25, -0.2) is 0 Å². The van der Waals surface area contributed by atoms with E-state index in [2.05, 4.69) is 21.2 Å². The third-order valence-electron chi connectivity index (χ3n) is 2.74. The van der Waals surface area contributed by atoms with Gasteiger partial charge >= 0.3 is 0 Å². The molecule has 94 valence electrons. The molecule has 1 aliphatic heterocycles. The maximum atomic E-state index is 5.62. The number of rotatable bonds is 6. The average molecular weight is 300 g/mol. The minimum absolute atomic E-state index is 0.404. The lowest BCUT2D eigenvalue weighted by molar-refractivity contribution is 0.109. The monoisotopic (exact) mass is 299 g/mol. The summed E-state index contributed by atoms with van der Waals surface area (Å²) in [7, 11) is 0. The van der Waals surface area contributed by atoms with Crippen molar-refractivity contribution in [3.05, 3.63) is 28.7 Å². The fourth-order valence-corrected chi connectivity index (χ4v) is 2.24. The van der Waals surface area contributed by atoms with Crippen LogP contribution in [0.3, 0.4) is 0 Å². The highest BCUT2D eigenvalue weighted by Gasteiger charge is 2.14. The fraction of sp³-hybridized carbons (Fsp3) is 0.538. The van der Waals surface area contributed by atoms with Gasteiger partial charge in [-0.3, -0.25) is 0 Å². The van der Waals surface area contributed by atoms with E-state index >= 15 is 0 Å². The second kappa shape index (κ2) is 6.99. The van der Waals surface area contributed by atoms with Crippen molar-refractivity contribution < 1.29 is 9.47 Å². The lowest BCUT2D eigenvalue weighted by atomic mass is 10.2. The van der Waals surface area contributed by atoms with Gasteiger partial charge in [0.25, 0.3) is 0 Å². The van der Waals surface area contributed by atoms with Crippen LogP contribution in [0.15, 0.2) is 28.7 Å². The standard InChI is InChI=1S/C13H18BrNO2/c14-11-3-1-4-12(9-11)17-8-6-15-10-13-5-2-7-16-13/h1,3-4,9,13,15H,2,5-8,10H2. The Morgan fingerprint density at radius 3 is 3.18 bits per heavy atom. The van der Waals surface area contributed by atoms with Crippen LogP contribution >= 0.6 is 15.9 Å². The van der Waals surface area contributed by atoms with Crippen molar-refractivity contribution in [2.45, 2.75) is 18.9 Å². The van der Waals surface area contributed by atoms with Crippen molar-refractivity contribution >= 4 is 15.9 Å². The Kier molecular flexibility index (Phi) is 5.29. The van der Waals surface area contributed by atoms with Crippen LogP contribution in [-0.2, 0) is 4.74 Å². The van der Waals surface area contributed by atoms with Crippen LogP contribution in [-0.4, -0.2) is 32.4 Å². The van der Waals surface area contributed by atoms with E-state index in [1.807, 2.05) is 24.3 Å². The summed E-state index contributed by atoms with van der Waals surface area (Å²) in [6.07, 6.45) is 2.78. The van der Waals surface area contributed by atoms with Crippen LogP contribution in [0, 0.1) is 0 Å². The smallest absolute Gasteiger partial charge is 0.120 e. The van der Waals surface area contributed by atoms with Crippen molar-refractivity contribution in [2.75, 3.05) is 26.3 Å². The van der Waals surface area contributed by atoms with Gasteiger partial charge in [0.15, 0.2) is 0 Å². The first-order chi connectivity index (χ1) is 8.34. The molecule has 0 amide bonds. The molecule has 0 saturated carbocycles. The first-order valence-corrected chi connectivity index (χ1v) is 6.84. The number of halogens is 1. The molecule has 3 nitrogen and oxygen atoms in total. The fourth-order valence-electron chi connectivity index (χ4n) is 1.87. The molecule has 1 fully saturated rings. The number of ether oxygens (including phenoxy) is 2. The SMILES string of the molecule is Brc1cccc(OCCNCC2CCCO2)c1. The summed E-state index contributed by atoms with van der Waals surface area (Å²) in [5, 5.41) is 3.35. The number of hydrogen-bond acceptors (Lipinski definition) is 3. The van der Waals surface area contributed by atoms with E-state index < -0.39 is 0 Å². The maximum absolute atomic E-state index is 5.62. The Balaban J connectivity index is 1.56. The van der Waals surface area contributed by atoms with Crippen LogP contribution in [0.25, 0.3) is 0 Å². The summed E-state index contributed by atoms with van der Waals surface area (Å²) < 4.78 is 12.2. The van der Waals surface area contributed by atoms with Crippen LogP contribution in [0.4, 0.5) is 0 Å². The Morgan fingerprint density at radius 2 is 2.41 bits per heavy atom. The topological polar surface area (TPSA) is 30.5 Å². The molecule has 0 aromatic heterocycles. The molecular weight excluding hydrogens is 282 g/mol. The first-order valence-electron chi connectivity index (χ1n) is 6.05. The van der Waals surface area contributed by atoms with Gasteiger partial charge in [-0.05, 0) is 31.0 Å². The third kappa shape index (κ3) is 4.66. The van der Waals surface area contributed by atoms with Crippen molar-refractivity contribution in [2.24, 2.45) is 0 Å². The van der Waals surface area contributed by atoms with Gasteiger partial charge in [-0.1, -0.05) is 22.0 Å². The van der Waals surface area contributed by atoms with Crippen molar-refractivity contribution in [3.63, 3.8) is 0 Å². The zero-order valence-electron chi connectivity index (χ0n) is 9.82. The largest absolute Gasteiger partial charge is 0.492 e. The molecule has 1 heterocycles. The molecule has 0 radical (unpaired) electrons. The number of nitrogens with one attached hydrogen (secondary N) is 1. The van der Waals surface area contributed by atoms with Gasteiger partial charge in [-0.15, -0.1) is 0 Å². The lowest BCUT2D eigenvalue weighted by Crippen LogP contribution is -2.29. The molecule has 1 saturated heterocycles. The van der Waals surface area contributed by atoms with Crippen LogP contribution in [0.5, 0.6) is 5.75 Å². The van der Waals surface area contributed by atoms with Crippen molar-refractivity contribution in [3.8, 4) is 5.75 Å². The van der Waals surface area contributed by atoms with E-state index in [9.17, 15) is 0 Å². The molecule has 1 unspecified atom stereocenters. The van der Waals surface area contributed by atoms with Crippen LogP contribution in [0.1, 0.15) is 12.8 Å². The first kappa shape index (κ1) is 12.9. The van der Waals surface area contributed by atoms with E-state index in [0.29, 0.717) is 12.7 Å². The average Bonchev–Trinajstić information content (AvgIpc) is 2.82. The summed E-state index contributed by atoms with van der Waals surface area (Å²) in [4.78, 5) is 0. The quantitative estimate of drug-likeness (QED) is 0.819. The summed E-state index contributed by atoms with van der Waals surface area (Å²) in [6.45, 7) is 3.39. The highest BCUT2D eigenvalue weighted by atomic mass is 79.9. The van der Waals surface area contributed by atoms with E-state index in [4.69, 9.17) is 9.47 Å². The molecule has 1 aromatic carbocycles. The van der Waals surface area contributed by atoms with E-state index in [0.717, 1.165) is 29.9 Å². The van der Waals surface area contributed by atoms with Crippen LogP contribution < -0.4 is 10.1 Å². The summed E-state index contributed by atoms with van der Waals surface area (Å²) in [6, 6.07) is 7.90. The van der Waals surface area contributed by atoms with Crippen molar-refractivity contribution in [1.82, 2.24) is 5.32 Å². The Bertz CT molecular complexity index is 340. The second-order valence-electron chi connectivity index (χ2n) is 4.14. The molecule has 4 heteroatoms. The second-order valence-corrected chi connectivity index (χ2v) is 5.06. The van der Waals surface area contributed by atoms with Crippen molar-refractivity contribution in [1.29, 1.82) is 0 Å². The number of benzene rings is 1. The minimum Gasteiger partial charge on any atom is -0.492 e. The molecular formula is C13H18BrNO2. The Labute approximate surface area is 111 Å². The molecule has 2 rings (SSSR count). The van der Waals surface area contributed by atoms with E-state index in [1.54, 1.807) is 0 Å². The zero-order valence-corrected chi connectivity index (χ0v) is 11.4. The predicted molar refractivity (Wildman–Crippen MR) is 71.5 cm³/mol. The molecule has 1 atom stereocenters. The normalized spacial score (nSPS) is 19.5. The van der Waals surface area contributed by atoms with Gasteiger partial charge in [0.2, 0.25) is 0 Å². The molecule has 17 heavy (non-hydrogen) atoms. The molecule has 0 aliphatic carbocycles. The lowest BCUT2D eigenvalue weighted by Gasteiger charge is -2.11. The van der Waals surface area contributed by atoms with E-state index in [1.165, 1.54) is 12.8 Å². The van der Waals surface area contributed by atoms with Gasteiger partial charge in [-0.2, -0.15) is 0 Å². The zero-order chi connectivity index (χ0) is 11.9.